The van der Waals surface area contributed by atoms with Crippen molar-refractivity contribution >= 4 is 102 Å². The third kappa shape index (κ3) is 7.93. The number of hydrogen-bond acceptors (Lipinski definition) is 12. The summed E-state index contributed by atoms with van der Waals surface area (Å²) in [6.07, 6.45) is 14.8. The van der Waals surface area contributed by atoms with Gasteiger partial charge in [0.15, 0.2) is 0 Å². The van der Waals surface area contributed by atoms with E-state index >= 15 is 0 Å². The zero-order valence-corrected chi connectivity index (χ0v) is 43.7. The molecule has 0 spiro atoms. The third-order valence-electron chi connectivity index (χ3n) is 14.3. The second-order valence-electron chi connectivity index (χ2n) is 19.4. The van der Waals surface area contributed by atoms with Gasteiger partial charge in [-0.3, -0.25) is 19.6 Å². The van der Waals surface area contributed by atoms with Crippen LogP contribution in [-0.2, 0) is 0 Å². The lowest BCUT2D eigenvalue weighted by atomic mass is 9.89. The fraction of sp³-hybridized carbons (Fsp3) is 0.125. The van der Waals surface area contributed by atoms with Gasteiger partial charge >= 0.3 is 0 Å². The molecule has 0 radical (unpaired) electrons. The quantitative estimate of drug-likeness (QED) is 0.109. The van der Waals surface area contributed by atoms with Crippen molar-refractivity contribution in [3.63, 3.8) is 0 Å². The van der Waals surface area contributed by atoms with Gasteiger partial charge in [-0.1, -0.05) is 72.8 Å². The Morgan fingerprint density at radius 2 is 0.382 bits per heavy atom. The van der Waals surface area contributed by atoms with E-state index in [2.05, 4.69) is 160 Å². The average Bonchev–Trinajstić information content (AvgIpc) is 3.57. The normalized spacial score (nSPS) is 11.4. The van der Waals surface area contributed by atoms with Crippen molar-refractivity contribution < 1.29 is 0 Å². The lowest BCUT2D eigenvalue weighted by molar-refractivity contribution is 1.08. The lowest BCUT2D eigenvalue weighted by Gasteiger charge is -2.34. The van der Waals surface area contributed by atoms with Gasteiger partial charge in [0, 0.05) is 81.9 Å². The Bertz CT molecular complexity index is 3470. The van der Waals surface area contributed by atoms with Crippen LogP contribution in [0, 0.1) is 55.4 Å². The minimum atomic E-state index is 0.756. The number of hydrogen-bond donors (Lipinski definition) is 0. The van der Waals surface area contributed by atoms with Crippen molar-refractivity contribution in [2.24, 2.45) is 0 Å². The minimum Gasteiger partial charge on any atom is -0.278 e. The van der Waals surface area contributed by atoms with Gasteiger partial charge in [0.05, 0.1) is 22.7 Å². The molecule has 0 saturated heterocycles. The molecule has 12 aromatic rings. The van der Waals surface area contributed by atoms with Crippen molar-refractivity contribution in [2.45, 2.75) is 55.4 Å². The molecule has 0 bridgehead atoms. The first kappa shape index (κ1) is 47.3. The Kier molecular flexibility index (Phi) is 12.0. The first-order valence-electron chi connectivity index (χ1n) is 25.4. The first-order valence-corrected chi connectivity index (χ1v) is 25.4. The Morgan fingerprint density at radius 3 is 0.526 bits per heavy atom. The molecule has 8 heterocycles. The smallest absolute Gasteiger partial charge is 0.141 e. The van der Waals surface area contributed by atoms with E-state index in [-0.39, 0.29) is 0 Å². The SMILES string of the molecule is Cc1cccnc1N(c1ncccc1C)c1cc(N(c2ncccc2C)c2ncccc2C)c2ccc3c(N(c4ncccc4C)c4ncccc4C)cc(N(c4ncccc4C)c4ncccc4C)c4ccc1c2c43. The van der Waals surface area contributed by atoms with E-state index in [4.69, 9.17) is 39.9 Å². The molecule has 0 aliphatic heterocycles. The molecule has 0 N–H and O–H groups in total. The second kappa shape index (κ2) is 19.3. The van der Waals surface area contributed by atoms with Gasteiger partial charge in [-0.25, -0.2) is 39.9 Å². The highest BCUT2D eigenvalue weighted by molar-refractivity contribution is 6.33. The van der Waals surface area contributed by atoms with Gasteiger partial charge in [-0.05, 0) is 161 Å². The Hall–Kier alpha value is -9.68. The largest absolute Gasteiger partial charge is 0.278 e. The maximum atomic E-state index is 5.15. The summed E-state index contributed by atoms with van der Waals surface area (Å²) in [6.45, 7) is 16.8. The lowest BCUT2D eigenvalue weighted by Crippen LogP contribution is -2.20. The summed E-state index contributed by atoms with van der Waals surface area (Å²) in [5.74, 6) is 6.05. The van der Waals surface area contributed by atoms with Crippen molar-refractivity contribution in [1.82, 2.24) is 39.9 Å². The Labute approximate surface area is 442 Å². The minimum absolute atomic E-state index is 0.756. The number of aryl methyl sites for hydroxylation is 8. The molecule has 370 valence electrons. The van der Waals surface area contributed by atoms with Crippen LogP contribution in [0.5, 0.6) is 0 Å². The molecular formula is C64H54N12. The summed E-state index contributed by atoms with van der Waals surface area (Å²) in [6, 6.07) is 46.2. The molecule has 8 aromatic heterocycles. The molecular weight excluding hydrogens is 937 g/mol. The molecule has 76 heavy (non-hydrogen) atoms. The third-order valence-corrected chi connectivity index (χ3v) is 14.3. The topological polar surface area (TPSA) is 116 Å². The predicted octanol–water partition coefficient (Wildman–Crippen LogP) is 16.1. The number of rotatable bonds is 12. The van der Waals surface area contributed by atoms with E-state index < -0.39 is 0 Å². The van der Waals surface area contributed by atoms with Gasteiger partial charge in [-0.2, -0.15) is 0 Å². The van der Waals surface area contributed by atoms with Crippen molar-refractivity contribution in [3.8, 4) is 0 Å². The van der Waals surface area contributed by atoms with Gasteiger partial charge in [-0.15, -0.1) is 0 Å². The number of benzene rings is 4. The molecule has 12 rings (SSSR count). The monoisotopic (exact) mass is 990 g/mol. The summed E-state index contributed by atoms with van der Waals surface area (Å²) >= 11 is 0. The molecule has 0 aliphatic rings. The van der Waals surface area contributed by atoms with E-state index in [1.54, 1.807) is 0 Å². The average molecular weight is 991 g/mol. The van der Waals surface area contributed by atoms with Crippen LogP contribution >= 0.6 is 0 Å². The van der Waals surface area contributed by atoms with Crippen molar-refractivity contribution in [2.75, 3.05) is 19.6 Å². The van der Waals surface area contributed by atoms with Crippen LogP contribution < -0.4 is 19.6 Å². The maximum absolute atomic E-state index is 5.15. The number of nitrogens with zero attached hydrogens (tertiary/aromatic N) is 12. The van der Waals surface area contributed by atoms with E-state index in [1.807, 2.05) is 98.1 Å². The van der Waals surface area contributed by atoms with Gasteiger partial charge < -0.3 is 0 Å². The van der Waals surface area contributed by atoms with Crippen LogP contribution in [0.15, 0.2) is 183 Å². The zero-order valence-electron chi connectivity index (χ0n) is 43.7. The van der Waals surface area contributed by atoms with Gasteiger partial charge in [0.2, 0.25) is 0 Å². The molecule has 4 aromatic carbocycles. The molecule has 0 atom stereocenters. The first-order chi connectivity index (χ1) is 37.1. The summed E-state index contributed by atoms with van der Waals surface area (Å²) in [5, 5.41) is 5.94. The molecule has 0 saturated carbocycles. The molecule has 12 heteroatoms. The van der Waals surface area contributed by atoms with Gasteiger partial charge in [0.25, 0.3) is 0 Å². The van der Waals surface area contributed by atoms with Crippen LogP contribution in [0.4, 0.5) is 69.3 Å². The zero-order chi connectivity index (χ0) is 52.2. The molecule has 0 aliphatic carbocycles. The van der Waals surface area contributed by atoms with E-state index in [1.165, 1.54) is 0 Å². The number of anilines is 12. The van der Waals surface area contributed by atoms with E-state index in [9.17, 15) is 0 Å². The van der Waals surface area contributed by atoms with E-state index in [0.29, 0.717) is 0 Å². The number of pyridine rings is 8. The fourth-order valence-electron chi connectivity index (χ4n) is 10.7. The maximum Gasteiger partial charge on any atom is 0.141 e. The predicted molar refractivity (Wildman–Crippen MR) is 309 cm³/mol. The van der Waals surface area contributed by atoms with Crippen molar-refractivity contribution in [1.29, 1.82) is 0 Å². The Balaban J connectivity index is 1.33. The summed E-state index contributed by atoms with van der Waals surface area (Å²) in [7, 11) is 0. The van der Waals surface area contributed by atoms with Crippen LogP contribution in [0.25, 0.3) is 32.3 Å². The highest BCUT2D eigenvalue weighted by Crippen LogP contribution is 2.55. The van der Waals surface area contributed by atoms with Crippen LogP contribution in [-0.4, -0.2) is 39.9 Å². The summed E-state index contributed by atoms with van der Waals surface area (Å²) in [5.41, 5.74) is 11.4. The molecule has 0 fully saturated rings. The summed E-state index contributed by atoms with van der Waals surface area (Å²) < 4.78 is 0. The highest BCUT2D eigenvalue weighted by atomic mass is 15.3. The van der Waals surface area contributed by atoms with Crippen LogP contribution in [0.3, 0.4) is 0 Å². The number of aromatic nitrogens is 8. The second-order valence-corrected chi connectivity index (χ2v) is 19.4. The molecule has 0 amide bonds. The van der Waals surface area contributed by atoms with E-state index in [0.717, 1.165) is 146 Å². The highest BCUT2D eigenvalue weighted by Gasteiger charge is 2.33. The van der Waals surface area contributed by atoms with Crippen molar-refractivity contribution in [3.05, 3.63) is 228 Å². The molecule has 0 unspecified atom stereocenters. The standard InChI is InChI=1S/C64H54N12/c1-39-17-9-29-65-57(39)73(58-40(2)18-10-30-66-58)51-37-52(74(59-41(3)19-11-31-67-59)60-42(4)20-12-32-68-60)48-27-28-50-54(76(63-45(7)23-15-35-71-63)64-46(8)24-16-36-72-64)38-53(49-26-25-47(51)55(48)56(49)50)75(61-43(5)21-13-33-69-61)62-44(6)22-14-34-70-62/h9-38H,1-8H3. The summed E-state index contributed by atoms with van der Waals surface area (Å²) in [4.78, 5) is 50.1. The Morgan fingerprint density at radius 1 is 0.224 bits per heavy atom. The van der Waals surface area contributed by atoms with Crippen LogP contribution in [0.2, 0.25) is 0 Å². The fourth-order valence-corrected chi connectivity index (χ4v) is 10.7. The van der Waals surface area contributed by atoms with Crippen LogP contribution in [0.1, 0.15) is 44.5 Å². The van der Waals surface area contributed by atoms with Gasteiger partial charge in [0.1, 0.15) is 46.5 Å². The molecule has 12 nitrogen and oxygen atoms in total.